The van der Waals surface area contributed by atoms with E-state index in [9.17, 15) is 0 Å². The van der Waals surface area contributed by atoms with Crippen LogP contribution in [-0.2, 0) is 11.2 Å². The van der Waals surface area contributed by atoms with Crippen LogP contribution in [0.5, 0.6) is 0 Å². The number of aromatic nitrogens is 2. The van der Waals surface area contributed by atoms with Crippen molar-refractivity contribution in [1.29, 1.82) is 0 Å². The summed E-state index contributed by atoms with van der Waals surface area (Å²) < 4.78 is 11.0. The minimum atomic E-state index is 0.0244. The molecule has 2 unspecified atom stereocenters. The van der Waals surface area contributed by atoms with Gasteiger partial charge in [0.05, 0.1) is 5.92 Å². The molecule has 2 aliphatic heterocycles. The number of hydrogen-bond donors (Lipinski definition) is 1. The SMILES string of the molecule is c1ccc2c(c1)CC(c1nc(C3CCCO3)no1)CN2. The normalized spacial score (nSPS) is 25.2. The molecule has 0 saturated carbocycles. The highest BCUT2D eigenvalue weighted by Crippen LogP contribution is 2.31. The predicted octanol–water partition coefficient (Wildman–Crippen LogP) is 2.67. The van der Waals surface area contributed by atoms with Crippen LogP contribution < -0.4 is 5.32 Å². The molecule has 2 aliphatic rings. The molecule has 5 nitrogen and oxygen atoms in total. The molecule has 1 fully saturated rings. The van der Waals surface area contributed by atoms with Gasteiger partial charge < -0.3 is 14.6 Å². The van der Waals surface area contributed by atoms with E-state index in [1.807, 2.05) is 6.07 Å². The van der Waals surface area contributed by atoms with Gasteiger partial charge in [-0.15, -0.1) is 0 Å². The average Bonchev–Trinajstić information content (AvgIpc) is 3.17. The lowest BCUT2D eigenvalue weighted by Gasteiger charge is -2.23. The summed E-state index contributed by atoms with van der Waals surface area (Å²) in [4.78, 5) is 4.55. The monoisotopic (exact) mass is 271 g/mol. The summed E-state index contributed by atoms with van der Waals surface area (Å²) in [5.41, 5.74) is 2.52. The van der Waals surface area contributed by atoms with Crippen molar-refractivity contribution < 1.29 is 9.26 Å². The topological polar surface area (TPSA) is 60.2 Å². The minimum absolute atomic E-state index is 0.0244. The number of rotatable bonds is 2. The molecule has 2 atom stereocenters. The van der Waals surface area contributed by atoms with E-state index in [2.05, 4.69) is 33.7 Å². The van der Waals surface area contributed by atoms with Crippen molar-refractivity contribution >= 4 is 5.69 Å². The third-order valence-electron chi connectivity index (χ3n) is 4.05. The van der Waals surface area contributed by atoms with Crippen molar-refractivity contribution in [2.24, 2.45) is 0 Å². The first-order chi connectivity index (χ1) is 9.90. The molecule has 0 radical (unpaired) electrons. The third kappa shape index (κ3) is 2.08. The Hall–Kier alpha value is -1.88. The second-order valence-electron chi connectivity index (χ2n) is 5.43. The van der Waals surface area contributed by atoms with E-state index in [1.165, 1.54) is 11.3 Å². The molecule has 0 aliphatic carbocycles. The van der Waals surface area contributed by atoms with E-state index in [0.29, 0.717) is 5.82 Å². The zero-order chi connectivity index (χ0) is 13.4. The molecule has 104 valence electrons. The fourth-order valence-corrected chi connectivity index (χ4v) is 2.94. The van der Waals surface area contributed by atoms with E-state index >= 15 is 0 Å². The van der Waals surface area contributed by atoms with Gasteiger partial charge in [0.15, 0.2) is 0 Å². The van der Waals surface area contributed by atoms with Gasteiger partial charge in [0, 0.05) is 18.8 Å². The van der Waals surface area contributed by atoms with Crippen LogP contribution in [0.3, 0.4) is 0 Å². The molecule has 20 heavy (non-hydrogen) atoms. The molecule has 1 saturated heterocycles. The Kier molecular flexibility index (Phi) is 2.92. The van der Waals surface area contributed by atoms with Gasteiger partial charge in [0.2, 0.25) is 11.7 Å². The van der Waals surface area contributed by atoms with Gasteiger partial charge in [-0.25, -0.2) is 0 Å². The Balaban J connectivity index is 1.54. The van der Waals surface area contributed by atoms with Crippen LogP contribution in [0.15, 0.2) is 28.8 Å². The highest BCUT2D eigenvalue weighted by atomic mass is 16.5. The number of hydrogen-bond acceptors (Lipinski definition) is 5. The number of fused-ring (bicyclic) bond motifs is 1. The van der Waals surface area contributed by atoms with Crippen molar-refractivity contribution in [3.05, 3.63) is 41.5 Å². The quantitative estimate of drug-likeness (QED) is 0.910. The van der Waals surface area contributed by atoms with Crippen molar-refractivity contribution in [1.82, 2.24) is 10.1 Å². The molecule has 0 bridgehead atoms. The Labute approximate surface area is 117 Å². The van der Waals surface area contributed by atoms with Crippen LogP contribution in [-0.4, -0.2) is 23.3 Å². The first-order valence-electron chi connectivity index (χ1n) is 7.17. The Morgan fingerprint density at radius 1 is 1.25 bits per heavy atom. The molecule has 5 heteroatoms. The average molecular weight is 271 g/mol. The molecule has 0 amide bonds. The molecule has 1 aromatic heterocycles. The summed E-state index contributed by atoms with van der Waals surface area (Å²) in [7, 11) is 0. The second kappa shape index (κ2) is 4.90. The number of nitrogens with zero attached hydrogens (tertiary/aromatic N) is 2. The maximum Gasteiger partial charge on any atom is 0.231 e. The molecule has 1 N–H and O–H groups in total. The summed E-state index contributed by atoms with van der Waals surface area (Å²) >= 11 is 0. The summed E-state index contributed by atoms with van der Waals surface area (Å²) in [6, 6.07) is 8.37. The van der Waals surface area contributed by atoms with Crippen molar-refractivity contribution in [2.45, 2.75) is 31.3 Å². The predicted molar refractivity (Wildman–Crippen MR) is 73.6 cm³/mol. The van der Waals surface area contributed by atoms with E-state index in [-0.39, 0.29) is 12.0 Å². The van der Waals surface area contributed by atoms with Crippen molar-refractivity contribution in [3.8, 4) is 0 Å². The number of benzene rings is 1. The number of ether oxygens (including phenoxy) is 1. The Morgan fingerprint density at radius 3 is 3.10 bits per heavy atom. The van der Waals surface area contributed by atoms with E-state index in [4.69, 9.17) is 9.26 Å². The Morgan fingerprint density at radius 2 is 2.20 bits per heavy atom. The van der Waals surface area contributed by atoms with Gasteiger partial charge in [0.25, 0.3) is 0 Å². The van der Waals surface area contributed by atoms with E-state index < -0.39 is 0 Å². The zero-order valence-electron chi connectivity index (χ0n) is 11.2. The molecule has 0 spiro atoms. The standard InChI is InChI=1S/C15H17N3O2/c1-2-5-12-10(4-1)8-11(9-16-12)15-17-14(18-20-15)13-6-3-7-19-13/h1-2,4-5,11,13,16H,3,6-9H2. The van der Waals surface area contributed by atoms with Gasteiger partial charge in [-0.2, -0.15) is 4.98 Å². The molecule has 1 aromatic carbocycles. The fraction of sp³-hybridized carbons (Fsp3) is 0.467. The third-order valence-corrected chi connectivity index (χ3v) is 4.05. The van der Waals surface area contributed by atoms with Crippen LogP contribution in [0.4, 0.5) is 5.69 Å². The summed E-state index contributed by atoms with van der Waals surface area (Å²) in [5.74, 6) is 1.67. The molecular formula is C15H17N3O2. The van der Waals surface area contributed by atoms with Gasteiger partial charge in [-0.1, -0.05) is 23.4 Å². The summed E-state index contributed by atoms with van der Waals surface area (Å²) in [6.07, 6.45) is 3.03. The van der Waals surface area contributed by atoms with Crippen LogP contribution in [0.25, 0.3) is 0 Å². The number of anilines is 1. The molecular weight excluding hydrogens is 254 g/mol. The lowest BCUT2D eigenvalue weighted by atomic mass is 9.94. The van der Waals surface area contributed by atoms with Crippen LogP contribution in [0.1, 0.15) is 42.1 Å². The second-order valence-corrected chi connectivity index (χ2v) is 5.43. The minimum Gasteiger partial charge on any atom is -0.384 e. The van der Waals surface area contributed by atoms with Gasteiger partial charge >= 0.3 is 0 Å². The van der Waals surface area contributed by atoms with Gasteiger partial charge in [-0.05, 0) is 30.9 Å². The maximum absolute atomic E-state index is 5.60. The highest BCUT2D eigenvalue weighted by Gasteiger charge is 2.28. The van der Waals surface area contributed by atoms with Crippen molar-refractivity contribution in [2.75, 3.05) is 18.5 Å². The van der Waals surface area contributed by atoms with Crippen LogP contribution in [0.2, 0.25) is 0 Å². The summed E-state index contributed by atoms with van der Waals surface area (Å²) in [5, 5.41) is 7.52. The first kappa shape index (κ1) is 11.9. The highest BCUT2D eigenvalue weighted by molar-refractivity contribution is 5.53. The van der Waals surface area contributed by atoms with E-state index in [1.54, 1.807) is 0 Å². The molecule has 4 rings (SSSR count). The number of para-hydroxylation sites is 1. The molecule has 3 heterocycles. The van der Waals surface area contributed by atoms with E-state index in [0.717, 1.165) is 38.3 Å². The van der Waals surface area contributed by atoms with Crippen molar-refractivity contribution in [3.63, 3.8) is 0 Å². The summed E-state index contributed by atoms with van der Waals surface area (Å²) in [6.45, 7) is 1.64. The van der Waals surface area contributed by atoms with Crippen LogP contribution in [0, 0.1) is 0 Å². The lowest BCUT2D eigenvalue weighted by Crippen LogP contribution is -2.21. The first-order valence-corrected chi connectivity index (χ1v) is 7.17. The fourth-order valence-electron chi connectivity index (χ4n) is 2.94. The lowest BCUT2D eigenvalue weighted by molar-refractivity contribution is 0.103. The van der Waals surface area contributed by atoms with Gasteiger partial charge in [0.1, 0.15) is 6.10 Å². The number of nitrogens with one attached hydrogen (secondary N) is 1. The van der Waals surface area contributed by atoms with Gasteiger partial charge in [-0.3, -0.25) is 0 Å². The molecule has 2 aromatic rings. The zero-order valence-corrected chi connectivity index (χ0v) is 11.2. The largest absolute Gasteiger partial charge is 0.384 e. The maximum atomic E-state index is 5.60. The van der Waals surface area contributed by atoms with Crippen LogP contribution >= 0.6 is 0 Å². The Bertz CT molecular complexity index is 605. The smallest absolute Gasteiger partial charge is 0.231 e.